The third-order valence-electron chi connectivity index (χ3n) is 2.70. The molecule has 0 aliphatic carbocycles. The Balaban J connectivity index is 2.73. The fraction of sp³-hybridized carbons (Fsp3) is 0.500. The van der Waals surface area contributed by atoms with E-state index in [2.05, 4.69) is 5.32 Å². The van der Waals surface area contributed by atoms with Crippen LogP contribution < -0.4 is 11.1 Å². The maximum atomic E-state index is 12.0. The van der Waals surface area contributed by atoms with E-state index in [0.29, 0.717) is 13.1 Å². The Hall–Kier alpha value is -1.56. The molecular formula is C12H19N3O2S. The lowest BCUT2D eigenvalue weighted by Gasteiger charge is -2.22. The first-order valence-electron chi connectivity index (χ1n) is 5.95. The maximum absolute atomic E-state index is 12.0. The largest absolute Gasteiger partial charge is 0.352 e. The van der Waals surface area contributed by atoms with Crippen LogP contribution in [-0.2, 0) is 4.79 Å². The molecule has 0 bridgehead atoms. The second-order valence-electron chi connectivity index (χ2n) is 3.85. The zero-order valence-corrected chi connectivity index (χ0v) is 11.5. The summed E-state index contributed by atoms with van der Waals surface area (Å²) in [5, 5.41) is 4.53. The van der Waals surface area contributed by atoms with Gasteiger partial charge in [0.1, 0.15) is 0 Å². The number of thiophene rings is 1. The minimum atomic E-state index is -0.610. The fourth-order valence-corrected chi connectivity index (χ4v) is 2.54. The maximum Gasteiger partial charge on any atom is 0.312 e. The molecule has 0 aliphatic rings. The number of amides is 3. The van der Waals surface area contributed by atoms with E-state index in [4.69, 9.17) is 5.73 Å². The van der Waals surface area contributed by atoms with Gasteiger partial charge in [0, 0.05) is 18.0 Å². The molecule has 0 aliphatic heterocycles. The Kier molecular flexibility index (Phi) is 5.64. The highest BCUT2D eigenvalue weighted by atomic mass is 32.1. The van der Waals surface area contributed by atoms with Crippen molar-refractivity contribution in [1.82, 2.24) is 10.2 Å². The van der Waals surface area contributed by atoms with Crippen LogP contribution in [-0.4, -0.2) is 29.9 Å². The minimum absolute atomic E-state index is 0.0205. The Labute approximate surface area is 111 Å². The number of hydrogen-bond acceptors (Lipinski definition) is 3. The van der Waals surface area contributed by atoms with Gasteiger partial charge in [-0.1, -0.05) is 6.07 Å². The number of carbonyl (C=O) groups excluding carboxylic acids is 2. The van der Waals surface area contributed by atoms with Crippen molar-refractivity contribution in [3.8, 4) is 0 Å². The lowest BCUT2D eigenvalue weighted by atomic mass is 10.1. The first-order valence-corrected chi connectivity index (χ1v) is 6.83. The van der Waals surface area contributed by atoms with Gasteiger partial charge in [-0.15, -0.1) is 11.3 Å². The van der Waals surface area contributed by atoms with E-state index < -0.39 is 6.03 Å². The summed E-state index contributed by atoms with van der Waals surface area (Å²) in [6.07, 6.45) is 0.241. The number of nitrogens with one attached hydrogen (secondary N) is 1. The fourth-order valence-electron chi connectivity index (χ4n) is 1.76. The number of urea groups is 1. The molecule has 1 aromatic heterocycles. The van der Waals surface area contributed by atoms with E-state index in [1.807, 2.05) is 31.4 Å². The summed E-state index contributed by atoms with van der Waals surface area (Å²) in [4.78, 5) is 25.7. The van der Waals surface area contributed by atoms with Crippen molar-refractivity contribution in [3.05, 3.63) is 22.4 Å². The van der Waals surface area contributed by atoms with Gasteiger partial charge in [-0.05, 0) is 25.3 Å². The molecule has 3 amide bonds. The normalized spacial score (nSPS) is 11.9. The number of nitrogens with zero attached hydrogens (tertiary/aromatic N) is 1. The highest BCUT2D eigenvalue weighted by molar-refractivity contribution is 7.10. The van der Waals surface area contributed by atoms with Gasteiger partial charge in [-0.2, -0.15) is 0 Å². The molecule has 0 saturated carbocycles. The van der Waals surface area contributed by atoms with Crippen LogP contribution in [0, 0.1) is 0 Å². The lowest BCUT2D eigenvalue weighted by molar-refractivity contribution is -0.131. The molecule has 0 fully saturated rings. The first kappa shape index (κ1) is 14.5. The molecule has 1 unspecified atom stereocenters. The van der Waals surface area contributed by atoms with E-state index in [1.165, 1.54) is 11.3 Å². The van der Waals surface area contributed by atoms with Crippen molar-refractivity contribution in [3.63, 3.8) is 0 Å². The molecular weight excluding hydrogens is 250 g/mol. The number of nitrogens with two attached hydrogens (primary N) is 1. The molecule has 0 aromatic carbocycles. The topological polar surface area (TPSA) is 75.4 Å². The van der Waals surface area contributed by atoms with Gasteiger partial charge in [0.15, 0.2) is 0 Å². The summed E-state index contributed by atoms with van der Waals surface area (Å²) in [7, 11) is 0. The lowest BCUT2D eigenvalue weighted by Crippen LogP contribution is -2.38. The minimum Gasteiger partial charge on any atom is -0.352 e. The molecule has 0 saturated heterocycles. The second-order valence-corrected chi connectivity index (χ2v) is 4.83. The van der Waals surface area contributed by atoms with Crippen molar-refractivity contribution in [2.45, 2.75) is 26.3 Å². The molecule has 5 nitrogen and oxygen atoms in total. The number of rotatable bonds is 6. The Morgan fingerprint density at radius 2 is 2.11 bits per heavy atom. The Bertz CT molecular complexity index is 388. The van der Waals surface area contributed by atoms with E-state index in [0.717, 1.165) is 4.88 Å². The zero-order chi connectivity index (χ0) is 13.5. The quantitative estimate of drug-likeness (QED) is 0.825. The predicted molar refractivity (Wildman–Crippen MR) is 72.3 cm³/mol. The van der Waals surface area contributed by atoms with Crippen molar-refractivity contribution < 1.29 is 9.59 Å². The highest BCUT2D eigenvalue weighted by Gasteiger charge is 2.20. The molecule has 1 heterocycles. The molecule has 1 rings (SSSR count). The Morgan fingerprint density at radius 1 is 1.44 bits per heavy atom. The SMILES string of the molecule is CCN(CC)C(=O)CC(NC(N)=O)c1cccs1. The van der Waals surface area contributed by atoms with E-state index in [-0.39, 0.29) is 18.4 Å². The third-order valence-corrected chi connectivity index (χ3v) is 3.68. The van der Waals surface area contributed by atoms with Gasteiger partial charge in [0.25, 0.3) is 0 Å². The van der Waals surface area contributed by atoms with Crippen LogP contribution in [0.1, 0.15) is 31.2 Å². The van der Waals surface area contributed by atoms with Crippen LogP contribution in [0.25, 0.3) is 0 Å². The molecule has 0 radical (unpaired) electrons. The molecule has 0 spiro atoms. The van der Waals surface area contributed by atoms with Crippen LogP contribution in [0.5, 0.6) is 0 Å². The van der Waals surface area contributed by atoms with Crippen molar-refractivity contribution in [2.75, 3.05) is 13.1 Å². The summed E-state index contributed by atoms with van der Waals surface area (Å²) >= 11 is 1.50. The summed E-state index contributed by atoms with van der Waals surface area (Å²) in [5.74, 6) is 0.0205. The van der Waals surface area contributed by atoms with Gasteiger partial charge >= 0.3 is 6.03 Å². The van der Waals surface area contributed by atoms with Crippen LogP contribution in [0.4, 0.5) is 4.79 Å². The van der Waals surface area contributed by atoms with E-state index in [9.17, 15) is 9.59 Å². The monoisotopic (exact) mass is 269 g/mol. The number of carbonyl (C=O) groups is 2. The molecule has 6 heteroatoms. The van der Waals surface area contributed by atoms with Crippen LogP contribution in [0.2, 0.25) is 0 Å². The van der Waals surface area contributed by atoms with Crippen LogP contribution in [0.15, 0.2) is 17.5 Å². The highest BCUT2D eigenvalue weighted by Crippen LogP contribution is 2.22. The van der Waals surface area contributed by atoms with Crippen LogP contribution in [0.3, 0.4) is 0 Å². The molecule has 18 heavy (non-hydrogen) atoms. The van der Waals surface area contributed by atoms with Crippen molar-refractivity contribution >= 4 is 23.3 Å². The molecule has 3 N–H and O–H groups in total. The van der Waals surface area contributed by atoms with E-state index >= 15 is 0 Å². The number of primary amides is 1. The molecule has 1 aromatic rings. The molecule has 1 atom stereocenters. The van der Waals surface area contributed by atoms with Crippen molar-refractivity contribution in [1.29, 1.82) is 0 Å². The van der Waals surface area contributed by atoms with Gasteiger partial charge in [0.2, 0.25) is 5.91 Å². The average Bonchev–Trinajstić information content (AvgIpc) is 2.82. The summed E-state index contributed by atoms with van der Waals surface area (Å²) < 4.78 is 0. The zero-order valence-electron chi connectivity index (χ0n) is 10.7. The average molecular weight is 269 g/mol. The molecule has 100 valence electrons. The first-order chi connectivity index (χ1) is 8.58. The predicted octanol–water partition coefficient (Wildman–Crippen LogP) is 1.72. The van der Waals surface area contributed by atoms with E-state index in [1.54, 1.807) is 4.90 Å². The number of hydrogen-bond donors (Lipinski definition) is 2. The van der Waals surface area contributed by atoms with Crippen molar-refractivity contribution in [2.24, 2.45) is 5.73 Å². The van der Waals surface area contributed by atoms with Gasteiger partial charge in [-0.3, -0.25) is 4.79 Å². The summed E-state index contributed by atoms with van der Waals surface area (Å²) in [5.41, 5.74) is 5.15. The van der Waals surface area contributed by atoms with Gasteiger partial charge in [0.05, 0.1) is 12.5 Å². The smallest absolute Gasteiger partial charge is 0.312 e. The third kappa shape index (κ3) is 4.03. The second kappa shape index (κ2) is 7.00. The standard InChI is InChI=1S/C12H19N3O2S/c1-3-15(4-2)11(16)8-9(14-12(13)17)10-6-5-7-18-10/h5-7,9H,3-4,8H2,1-2H3,(H3,13,14,17). The summed E-state index contributed by atoms with van der Waals surface area (Å²) in [6, 6.07) is 2.83. The van der Waals surface area contributed by atoms with Gasteiger partial charge in [-0.25, -0.2) is 4.79 Å². The summed E-state index contributed by atoms with van der Waals surface area (Å²) in [6.45, 7) is 5.21. The Morgan fingerprint density at radius 3 is 2.56 bits per heavy atom. The van der Waals surface area contributed by atoms with Gasteiger partial charge < -0.3 is 16.0 Å². The van der Waals surface area contributed by atoms with Crippen LogP contribution >= 0.6 is 11.3 Å².